The number of fused-ring (bicyclic) bond motifs is 1. The van der Waals surface area contributed by atoms with Crippen LogP contribution < -0.4 is 10.6 Å². The molecular formula is C25H20ClN3O2. The Hall–Kier alpha value is -3.70. The monoisotopic (exact) mass is 429 g/mol. The van der Waals surface area contributed by atoms with Crippen molar-refractivity contribution < 1.29 is 9.59 Å². The number of rotatable bonds is 6. The Morgan fingerprint density at radius 1 is 0.903 bits per heavy atom. The maximum absolute atomic E-state index is 13.2. The molecule has 4 rings (SSSR count). The van der Waals surface area contributed by atoms with Crippen LogP contribution in [0, 0.1) is 0 Å². The fourth-order valence-electron chi connectivity index (χ4n) is 3.39. The largest absolute Gasteiger partial charge is 0.340 e. The summed E-state index contributed by atoms with van der Waals surface area (Å²) in [6, 6.07) is 23.0. The number of aromatic nitrogens is 1. The maximum atomic E-state index is 13.2. The third kappa shape index (κ3) is 4.90. The second-order valence-electron chi connectivity index (χ2n) is 7.09. The standard InChI is InChI=1S/C25H20ClN3O2/c26-21-11-5-4-10-20(21)24(30)29-23(15-17-7-2-1-3-8-17)25(31)28-22-12-6-9-18-16-27-14-13-19(18)22/h1-14,16,23H,15H2,(H,28,31)(H,29,30). The first-order valence-electron chi connectivity index (χ1n) is 9.85. The van der Waals surface area contributed by atoms with E-state index in [-0.39, 0.29) is 5.91 Å². The molecule has 5 nitrogen and oxygen atoms in total. The third-order valence-electron chi connectivity index (χ3n) is 4.96. The van der Waals surface area contributed by atoms with E-state index in [1.165, 1.54) is 0 Å². The zero-order chi connectivity index (χ0) is 21.6. The average molecular weight is 430 g/mol. The van der Waals surface area contributed by atoms with Gasteiger partial charge < -0.3 is 10.6 Å². The fraction of sp³-hybridized carbons (Fsp3) is 0.0800. The van der Waals surface area contributed by atoms with Crippen LogP contribution in [0.15, 0.2) is 91.3 Å². The summed E-state index contributed by atoms with van der Waals surface area (Å²) in [6.45, 7) is 0. The van der Waals surface area contributed by atoms with Gasteiger partial charge in [0.15, 0.2) is 0 Å². The molecule has 6 heteroatoms. The molecule has 1 unspecified atom stereocenters. The Balaban J connectivity index is 1.60. The highest BCUT2D eigenvalue weighted by atomic mass is 35.5. The molecule has 0 fully saturated rings. The van der Waals surface area contributed by atoms with Gasteiger partial charge in [-0.3, -0.25) is 14.6 Å². The number of pyridine rings is 1. The first kappa shape index (κ1) is 20.6. The van der Waals surface area contributed by atoms with Gasteiger partial charge in [0.2, 0.25) is 5.91 Å². The number of anilines is 1. The van der Waals surface area contributed by atoms with Crippen LogP contribution in [0.5, 0.6) is 0 Å². The molecule has 31 heavy (non-hydrogen) atoms. The zero-order valence-electron chi connectivity index (χ0n) is 16.6. The van der Waals surface area contributed by atoms with Crippen molar-refractivity contribution >= 4 is 39.9 Å². The first-order chi connectivity index (χ1) is 15.1. The van der Waals surface area contributed by atoms with Crippen molar-refractivity contribution in [2.75, 3.05) is 5.32 Å². The SMILES string of the molecule is O=C(NC(Cc1ccccc1)C(=O)Nc1cccc2cnccc12)c1ccccc1Cl. The van der Waals surface area contributed by atoms with Crippen molar-refractivity contribution in [3.8, 4) is 0 Å². The third-order valence-corrected chi connectivity index (χ3v) is 5.29. The van der Waals surface area contributed by atoms with Gasteiger partial charge >= 0.3 is 0 Å². The molecule has 0 saturated heterocycles. The molecule has 3 aromatic carbocycles. The van der Waals surface area contributed by atoms with Crippen LogP contribution >= 0.6 is 11.6 Å². The van der Waals surface area contributed by atoms with Gasteiger partial charge in [-0.25, -0.2) is 0 Å². The Morgan fingerprint density at radius 2 is 1.68 bits per heavy atom. The lowest BCUT2D eigenvalue weighted by atomic mass is 10.0. The Bertz CT molecular complexity index is 1220. The van der Waals surface area contributed by atoms with Crippen molar-refractivity contribution in [3.05, 3.63) is 107 Å². The van der Waals surface area contributed by atoms with E-state index in [1.807, 2.05) is 54.6 Å². The normalized spacial score (nSPS) is 11.6. The van der Waals surface area contributed by atoms with Gasteiger partial charge in [-0.1, -0.05) is 66.2 Å². The number of amides is 2. The highest BCUT2D eigenvalue weighted by Crippen LogP contribution is 2.23. The highest BCUT2D eigenvalue weighted by molar-refractivity contribution is 6.33. The molecule has 0 aliphatic carbocycles. The van der Waals surface area contributed by atoms with Gasteiger partial charge in [0.25, 0.3) is 5.91 Å². The van der Waals surface area contributed by atoms with Crippen LogP contribution in [0.4, 0.5) is 5.69 Å². The molecule has 0 saturated carbocycles. The van der Waals surface area contributed by atoms with E-state index in [4.69, 9.17) is 11.6 Å². The molecule has 1 heterocycles. The van der Waals surface area contributed by atoms with Gasteiger partial charge in [0.1, 0.15) is 6.04 Å². The zero-order valence-corrected chi connectivity index (χ0v) is 17.3. The number of carbonyl (C=O) groups is 2. The first-order valence-corrected chi connectivity index (χ1v) is 10.2. The minimum absolute atomic E-state index is 0.312. The average Bonchev–Trinajstić information content (AvgIpc) is 2.80. The quantitative estimate of drug-likeness (QED) is 0.459. The van der Waals surface area contributed by atoms with E-state index in [2.05, 4.69) is 15.6 Å². The molecule has 1 aromatic heterocycles. The van der Waals surface area contributed by atoms with Crippen molar-refractivity contribution in [1.82, 2.24) is 10.3 Å². The van der Waals surface area contributed by atoms with Crippen molar-refractivity contribution in [2.24, 2.45) is 0 Å². The van der Waals surface area contributed by atoms with Gasteiger partial charge in [0, 0.05) is 35.3 Å². The lowest BCUT2D eigenvalue weighted by Crippen LogP contribution is -2.45. The Labute approximate surface area is 185 Å². The summed E-state index contributed by atoms with van der Waals surface area (Å²) in [5.41, 5.74) is 1.92. The topological polar surface area (TPSA) is 71.1 Å². The van der Waals surface area contributed by atoms with E-state index >= 15 is 0 Å². The summed E-state index contributed by atoms with van der Waals surface area (Å²) in [4.78, 5) is 30.2. The smallest absolute Gasteiger partial charge is 0.253 e. The van der Waals surface area contributed by atoms with Gasteiger partial charge in [-0.2, -0.15) is 0 Å². The van der Waals surface area contributed by atoms with E-state index in [0.717, 1.165) is 16.3 Å². The Kier molecular flexibility index (Phi) is 6.24. The van der Waals surface area contributed by atoms with E-state index in [1.54, 1.807) is 36.7 Å². The summed E-state index contributed by atoms with van der Waals surface area (Å²) in [5, 5.41) is 7.93. The van der Waals surface area contributed by atoms with E-state index in [9.17, 15) is 9.59 Å². The molecule has 0 bridgehead atoms. The number of halogens is 1. The second-order valence-corrected chi connectivity index (χ2v) is 7.49. The molecule has 1 atom stereocenters. The number of benzene rings is 3. The molecule has 2 N–H and O–H groups in total. The number of nitrogens with one attached hydrogen (secondary N) is 2. The summed E-state index contributed by atoms with van der Waals surface area (Å²) in [6.07, 6.45) is 3.76. The molecule has 0 aliphatic heterocycles. The number of hydrogen-bond donors (Lipinski definition) is 2. The van der Waals surface area contributed by atoms with Crippen molar-refractivity contribution in [1.29, 1.82) is 0 Å². The van der Waals surface area contributed by atoms with E-state index in [0.29, 0.717) is 22.7 Å². The van der Waals surface area contributed by atoms with Gasteiger partial charge in [0.05, 0.1) is 10.6 Å². The molecule has 2 amide bonds. The predicted octanol–water partition coefficient (Wildman–Crippen LogP) is 4.87. The van der Waals surface area contributed by atoms with Crippen LogP contribution in [0.3, 0.4) is 0 Å². The van der Waals surface area contributed by atoms with Crippen molar-refractivity contribution in [3.63, 3.8) is 0 Å². The van der Waals surface area contributed by atoms with Crippen LogP contribution in [0.25, 0.3) is 10.8 Å². The summed E-state index contributed by atoms with van der Waals surface area (Å²) < 4.78 is 0. The molecular weight excluding hydrogens is 410 g/mol. The predicted molar refractivity (Wildman–Crippen MR) is 123 cm³/mol. The van der Waals surface area contributed by atoms with Crippen LogP contribution in [0.2, 0.25) is 5.02 Å². The minimum atomic E-state index is -0.789. The molecule has 0 radical (unpaired) electrons. The maximum Gasteiger partial charge on any atom is 0.253 e. The Morgan fingerprint density at radius 3 is 2.48 bits per heavy atom. The fourth-order valence-corrected chi connectivity index (χ4v) is 3.61. The summed E-state index contributed by atoms with van der Waals surface area (Å²) in [7, 11) is 0. The van der Waals surface area contributed by atoms with Gasteiger partial charge in [-0.05, 0) is 29.8 Å². The van der Waals surface area contributed by atoms with Crippen LogP contribution in [0.1, 0.15) is 15.9 Å². The summed E-state index contributed by atoms with van der Waals surface area (Å²) in [5.74, 6) is -0.711. The lowest BCUT2D eigenvalue weighted by Gasteiger charge is -2.20. The van der Waals surface area contributed by atoms with E-state index < -0.39 is 11.9 Å². The second kappa shape index (κ2) is 9.41. The van der Waals surface area contributed by atoms with Crippen molar-refractivity contribution in [2.45, 2.75) is 12.5 Å². The number of nitrogens with zero attached hydrogens (tertiary/aromatic N) is 1. The minimum Gasteiger partial charge on any atom is -0.340 e. The molecule has 0 spiro atoms. The lowest BCUT2D eigenvalue weighted by molar-refractivity contribution is -0.118. The molecule has 154 valence electrons. The highest BCUT2D eigenvalue weighted by Gasteiger charge is 2.23. The van der Waals surface area contributed by atoms with Crippen LogP contribution in [-0.4, -0.2) is 22.8 Å². The number of carbonyl (C=O) groups excluding carboxylic acids is 2. The molecule has 0 aliphatic rings. The van der Waals surface area contributed by atoms with Gasteiger partial charge in [-0.15, -0.1) is 0 Å². The number of hydrogen-bond acceptors (Lipinski definition) is 3. The molecule has 4 aromatic rings. The van der Waals surface area contributed by atoms with Crippen LogP contribution in [-0.2, 0) is 11.2 Å². The summed E-state index contributed by atoms with van der Waals surface area (Å²) >= 11 is 6.17.